The number of ether oxygens (including phenoxy) is 2. The highest BCUT2D eigenvalue weighted by molar-refractivity contribution is 9.09. The van der Waals surface area contributed by atoms with Crippen LogP contribution in [0.2, 0.25) is 0 Å². The first-order valence-corrected chi connectivity index (χ1v) is 16.9. The Bertz CT molecular complexity index is 551. The Morgan fingerprint density at radius 1 is 0.676 bits per heavy atom. The predicted molar refractivity (Wildman–Crippen MR) is 158 cm³/mol. The topological polar surface area (TPSA) is 64.6 Å². The number of hydrogen-bond donors (Lipinski definition) is 1. The van der Waals surface area contributed by atoms with Gasteiger partial charge in [-0.15, -0.1) is 0 Å². The van der Waals surface area contributed by atoms with Gasteiger partial charge in [0.05, 0.1) is 0 Å². The number of rotatable bonds is 25. The van der Waals surface area contributed by atoms with Gasteiger partial charge >= 0.3 is 12.1 Å². The fourth-order valence-corrected chi connectivity index (χ4v) is 5.65. The molecule has 0 spiro atoms. The summed E-state index contributed by atoms with van der Waals surface area (Å²) in [4.78, 5) is 24.2. The summed E-state index contributed by atoms with van der Waals surface area (Å²) in [7, 11) is 0. The van der Waals surface area contributed by atoms with Crippen molar-refractivity contribution in [1.29, 1.82) is 0 Å². The smallest absolute Gasteiger partial charge is 0.407 e. The molecule has 1 aliphatic rings. The Balaban J connectivity index is 1.93. The lowest BCUT2D eigenvalue weighted by Gasteiger charge is -2.27. The van der Waals surface area contributed by atoms with Gasteiger partial charge in [0.25, 0.3) is 0 Å². The Hall–Kier alpha value is -0.780. The van der Waals surface area contributed by atoms with E-state index in [2.05, 4.69) is 28.2 Å². The van der Waals surface area contributed by atoms with Gasteiger partial charge in [-0.05, 0) is 32.1 Å². The first kappa shape index (κ1) is 34.2. The zero-order valence-electron chi connectivity index (χ0n) is 24.1. The molecule has 0 radical (unpaired) electrons. The van der Waals surface area contributed by atoms with Crippen LogP contribution in [0.3, 0.4) is 0 Å². The molecule has 218 valence electrons. The second kappa shape index (κ2) is 24.3. The lowest BCUT2D eigenvalue weighted by molar-refractivity contribution is -0.148. The number of alkyl carbamates (subject to hydrolysis) is 1. The van der Waals surface area contributed by atoms with Crippen molar-refractivity contribution in [2.75, 3.05) is 25.1 Å². The van der Waals surface area contributed by atoms with Gasteiger partial charge in [-0.25, -0.2) is 4.79 Å². The number of carbonyl (C=O) groups is 2. The molecule has 5 nitrogen and oxygen atoms in total. The van der Waals surface area contributed by atoms with Gasteiger partial charge < -0.3 is 14.8 Å². The van der Waals surface area contributed by atoms with Crippen molar-refractivity contribution in [3.8, 4) is 0 Å². The average molecular weight is 589 g/mol. The van der Waals surface area contributed by atoms with Crippen molar-refractivity contribution < 1.29 is 19.1 Å². The number of carbonyl (C=O) groups excluding carboxylic acids is 2. The van der Waals surface area contributed by atoms with Crippen LogP contribution < -0.4 is 5.32 Å². The van der Waals surface area contributed by atoms with Gasteiger partial charge in [-0.2, -0.15) is 0 Å². The SMILES string of the molecule is CCCCCCCCCCCCCCCCCCNC(=O)OCC1(COC(=O)CCCCBr)CCCC1. The summed E-state index contributed by atoms with van der Waals surface area (Å²) in [6.07, 6.45) is 27.6. The van der Waals surface area contributed by atoms with E-state index in [0.29, 0.717) is 26.2 Å². The monoisotopic (exact) mass is 587 g/mol. The molecule has 1 N–H and O–H groups in total. The van der Waals surface area contributed by atoms with E-state index in [1.807, 2.05) is 0 Å². The molecule has 0 bridgehead atoms. The maximum Gasteiger partial charge on any atom is 0.407 e. The highest BCUT2D eigenvalue weighted by atomic mass is 79.9. The molecular formula is C31H58BrNO4. The second-order valence-corrected chi connectivity index (χ2v) is 12.1. The highest BCUT2D eigenvalue weighted by Gasteiger charge is 2.36. The summed E-state index contributed by atoms with van der Waals surface area (Å²) >= 11 is 3.38. The van der Waals surface area contributed by atoms with Gasteiger partial charge in [-0.1, -0.05) is 132 Å². The fourth-order valence-electron chi connectivity index (χ4n) is 5.26. The zero-order chi connectivity index (χ0) is 26.9. The molecule has 1 rings (SSSR count). The molecule has 0 aliphatic heterocycles. The van der Waals surface area contributed by atoms with Gasteiger partial charge in [0.1, 0.15) is 13.2 Å². The number of esters is 1. The molecular weight excluding hydrogens is 530 g/mol. The first-order valence-electron chi connectivity index (χ1n) is 15.7. The molecule has 1 fully saturated rings. The number of unbranched alkanes of at least 4 members (excludes halogenated alkanes) is 16. The summed E-state index contributed by atoms with van der Waals surface area (Å²) in [6, 6.07) is 0. The van der Waals surface area contributed by atoms with E-state index in [1.54, 1.807) is 0 Å². The van der Waals surface area contributed by atoms with Crippen molar-refractivity contribution in [2.24, 2.45) is 5.41 Å². The van der Waals surface area contributed by atoms with Gasteiger partial charge in [0.2, 0.25) is 0 Å². The maximum atomic E-state index is 12.2. The first-order chi connectivity index (χ1) is 18.1. The van der Waals surface area contributed by atoms with Crippen LogP contribution in [0.1, 0.15) is 155 Å². The third kappa shape index (κ3) is 19.9. The summed E-state index contributed by atoms with van der Waals surface area (Å²) in [5, 5.41) is 3.81. The van der Waals surface area contributed by atoms with E-state index >= 15 is 0 Å². The van der Waals surface area contributed by atoms with Crippen molar-refractivity contribution in [2.45, 2.75) is 155 Å². The molecule has 0 unspecified atom stereocenters. The third-order valence-electron chi connectivity index (χ3n) is 7.78. The highest BCUT2D eigenvalue weighted by Crippen LogP contribution is 2.38. The Morgan fingerprint density at radius 2 is 1.16 bits per heavy atom. The number of nitrogens with one attached hydrogen (secondary N) is 1. The minimum atomic E-state index is -0.337. The fraction of sp³-hybridized carbons (Fsp3) is 0.935. The Kier molecular flexibility index (Phi) is 22.5. The molecule has 0 atom stereocenters. The number of amides is 1. The van der Waals surface area contributed by atoms with Crippen LogP contribution in [-0.4, -0.2) is 37.2 Å². The van der Waals surface area contributed by atoms with Gasteiger partial charge in [0.15, 0.2) is 0 Å². The molecule has 0 aromatic carbocycles. The minimum absolute atomic E-state index is 0.139. The average Bonchev–Trinajstić information content (AvgIpc) is 3.37. The van der Waals surface area contributed by atoms with Crippen LogP contribution in [0, 0.1) is 5.41 Å². The third-order valence-corrected chi connectivity index (χ3v) is 8.34. The van der Waals surface area contributed by atoms with E-state index in [1.165, 1.54) is 89.9 Å². The number of halogens is 1. The van der Waals surface area contributed by atoms with Crippen LogP contribution in [0.15, 0.2) is 0 Å². The van der Waals surface area contributed by atoms with Gasteiger partial charge in [0, 0.05) is 23.7 Å². The largest absolute Gasteiger partial charge is 0.465 e. The summed E-state index contributed by atoms with van der Waals surface area (Å²) in [5.41, 5.74) is -0.198. The van der Waals surface area contributed by atoms with E-state index < -0.39 is 0 Å². The predicted octanol–water partition coefficient (Wildman–Crippen LogP) is 9.64. The van der Waals surface area contributed by atoms with Crippen LogP contribution in [0.4, 0.5) is 4.79 Å². The summed E-state index contributed by atoms with van der Waals surface area (Å²) < 4.78 is 11.1. The van der Waals surface area contributed by atoms with E-state index in [9.17, 15) is 9.59 Å². The molecule has 0 saturated heterocycles. The van der Waals surface area contributed by atoms with Crippen molar-refractivity contribution in [1.82, 2.24) is 5.32 Å². The molecule has 0 aromatic heterocycles. The number of alkyl halides is 1. The Morgan fingerprint density at radius 3 is 1.68 bits per heavy atom. The Labute approximate surface area is 237 Å². The minimum Gasteiger partial charge on any atom is -0.465 e. The molecule has 0 heterocycles. The van der Waals surface area contributed by atoms with E-state index in [-0.39, 0.29) is 17.5 Å². The lowest BCUT2D eigenvalue weighted by atomic mass is 9.88. The molecule has 6 heteroatoms. The van der Waals surface area contributed by atoms with Gasteiger partial charge in [-0.3, -0.25) is 4.79 Å². The second-order valence-electron chi connectivity index (χ2n) is 11.3. The normalized spacial score (nSPS) is 14.5. The van der Waals surface area contributed by atoms with Crippen LogP contribution in [0.5, 0.6) is 0 Å². The maximum absolute atomic E-state index is 12.2. The molecule has 1 amide bonds. The van der Waals surface area contributed by atoms with E-state index in [4.69, 9.17) is 9.47 Å². The lowest BCUT2D eigenvalue weighted by Crippen LogP contribution is -2.35. The van der Waals surface area contributed by atoms with Crippen molar-refractivity contribution >= 4 is 28.0 Å². The molecule has 37 heavy (non-hydrogen) atoms. The van der Waals surface area contributed by atoms with Crippen molar-refractivity contribution in [3.05, 3.63) is 0 Å². The van der Waals surface area contributed by atoms with Crippen LogP contribution >= 0.6 is 15.9 Å². The quantitative estimate of drug-likeness (QED) is 0.0655. The molecule has 1 aliphatic carbocycles. The van der Waals surface area contributed by atoms with Crippen LogP contribution in [-0.2, 0) is 14.3 Å². The van der Waals surface area contributed by atoms with E-state index in [0.717, 1.165) is 56.7 Å². The summed E-state index contributed by atoms with van der Waals surface area (Å²) in [5.74, 6) is -0.139. The molecule has 1 saturated carbocycles. The van der Waals surface area contributed by atoms with Crippen molar-refractivity contribution in [3.63, 3.8) is 0 Å². The molecule has 0 aromatic rings. The number of hydrogen-bond acceptors (Lipinski definition) is 4. The van der Waals surface area contributed by atoms with Crippen LogP contribution in [0.25, 0.3) is 0 Å². The summed E-state index contributed by atoms with van der Waals surface area (Å²) in [6.45, 7) is 3.66. The zero-order valence-corrected chi connectivity index (χ0v) is 25.7. The standard InChI is InChI=1S/C31H58BrNO4/c1-2-3-4-5-6-7-8-9-10-11-12-13-14-15-16-21-26-33-30(35)37-28-31(23-18-19-24-31)27-36-29(34)22-17-20-25-32/h2-28H2,1H3,(H,33,35).